The van der Waals surface area contributed by atoms with E-state index in [0.717, 1.165) is 29.5 Å². The van der Waals surface area contributed by atoms with Gasteiger partial charge in [-0.1, -0.05) is 6.07 Å². The monoisotopic (exact) mass is 205 g/mol. The Balaban J connectivity index is 2.56. The van der Waals surface area contributed by atoms with Gasteiger partial charge in [-0.05, 0) is 42.5 Å². The van der Waals surface area contributed by atoms with Crippen molar-refractivity contribution in [3.05, 3.63) is 34.4 Å². The Labute approximate surface area is 89.2 Å². The minimum absolute atomic E-state index is 0.0725. The highest BCUT2D eigenvalue weighted by Gasteiger charge is 2.25. The molecule has 2 rings (SSSR count). The molecule has 0 radical (unpaired) electrons. The van der Waals surface area contributed by atoms with Gasteiger partial charge < -0.3 is 10.5 Å². The SMILES string of the molecule is COC(=O)c1cc(C)cc2c1CCC2N. The highest BCUT2D eigenvalue weighted by molar-refractivity contribution is 5.92. The van der Waals surface area contributed by atoms with Gasteiger partial charge in [-0.2, -0.15) is 0 Å². The Kier molecular flexibility index (Phi) is 2.49. The van der Waals surface area contributed by atoms with E-state index in [2.05, 4.69) is 6.07 Å². The Hall–Kier alpha value is -1.35. The fourth-order valence-corrected chi connectivity index (χ4v) is 2.20. The highest BCUT2D eigenvalue weighted by Crippen LogP contribution is 2.33. The molecule has 0 fully saturated rings. The van der Waals surface area contributed by atoms with E-state index < -0.39 is 0 Å². The van der Waals surface area contributed by atoms with Crippen molar-refractivity contribution >= 4 is 5.97 Å². The minimum atomic E-state index is -0.260. The standard InChI is InChI=1S/C12H15NO2/c1-7-5-9-8(3-4-11(9)13)10(6-7)12(14)15-2/h5-6,11H,3-4,13H2,1-2H3. The number of methoxy groups -OCH3 is 1. The second-order valence-electron chi connectivity index (χ2n) is 4.02. The molecule has 1 atom stereocenters. The fourth-order valence-electron chi connectivity index (χ4n) is 2.20. The Morgan fingerprint density at radius 3 is 2.93 bits per heavy atom. The largest absolute Gasteiger partial charge is 0.465 e. The predicted octanol–water partition coefficient (Wildman–Crippen LogP) is 1.73. The first-order chi connectivity index (χ1) is 7.13. The van der Waals surface area contributed by atoms with Gasteiger partial charge in [-0.15, -0.1) is 0 Å². The number of esters is 1. The number of carbonyl (C=O) groups is 1. The van der Waals surface area contributed by atoms with Crippen LogP contribution in [-0.4, -0.2) is 13.1 Å². The van der Waals surface area contributed by atoms with Gasteiger partial charge >= 0.3 is 5.97 Å². The lowest BCUT2D eigenvalue weighted by Crippen LogP contribution is -2.09. The lowest BCUT2D eigenvalue weighted by Gasteiger charge is -2.10. The summed E-state index contributed by atoms with van der Waals surface area (Å²) in [7, 11) is 1.41. The molecule has 0 aliphatic heterocycles. The van der Waals surface area contributed by atoms with Crippen molar-refractivity contribution in [2.24, 2.45) is 5.73 Å². The van der Waals surface area contributed by atoms with Gasteiger partial charge in [0.25, 0.3) is 0 Å². The summed E-state index contributed by atoms with van der Waals surface area (Å²) in [6.45, 7) is 1.97. The summed E-state index contributed by atoms with van der Waals surface area (Å²) in [5.41, 5.74) is 9.89. The number of nitrogens with two attached hydrogens (primary N) is 1. The maximum Gasteiger partial charge on any atom is 0.338 e. The van der Waals surface area contributed by atoms with Crippen molar-refractivity contribution in [1.29, 1.82) is 0 Å². The Bertz CT molecular complexity index is 412. The quantitative estimate of drug-likeness (QED) is 0.710. The molecular formula is C12H15NO2. The normalized spacial score (nSPS) is 18.7. The summed E-state index contributed by atoms with van der Waals surface area (Å²) in [6, 6.07) is 4.02. The van der Waals surface area contributed by atoms with Gasteiger partial charge in [-0.25, -0.2) is 4.79 Å². The molecule has 15 heavy (non-hydrogen) atoms. The first-order valence-corrected chi connectivity index (χ1v) is 5.11. The van der Waals surface area contributed by atoms with Crippen molar-refractivity contribution in [3.8, 4) is 0 Å². The number of hydrogen-bond donors (Lipinski definition) is 1. The number of hydrogen-bond acceptors (Lipinski definition) is 3. The number of benzene rings is 1. The van der Waals surface area contributed by atoms with E-state index in [1.165, 1.54) is 7.11 Å². The second kappa shape index (κ2) is 3.66. The number of carbonyl (C=O) groups excluding carboxylic acids is 1. The molecule has 1 aliphatic carbocycles. The summed E-state index contributed by atoms with van der Waals surface area (Å²) >= 11 is 0. The van der Waals surface area contributed by atoms with Crippen LogP contribution in [0, 0.1) is 6.92 Å². The molecule has 1 aliphatic rings. The maximum absolute atomic E-state index is 11.6. The molecule has 0 bridgehead atoms. The zero-order valence-corrected chi connectivity index (χ0v) is 9.04. The fraction of sp³-hybridized carbons (Fsp3) is 0.417. The van der Waals surface area contributed by atoms with E-state index >= 15 is 0 Å². The van der Waals surface area contributed by atoms with Gasteiger partial charge in [0.2, 0.25) is 0 Å². The van der Waals surface area contributed by atoms with Crippen molar-refractivity contribution < 1.29 is 9.53 Å². The van der Waals surface area contributed by atoms with E-state index in [1.54, 1.807) is 0 Å². The van der Waals surface area contributed by atoms with Crippen LogP contribution in [0.4, 0.5) is 0 Å². The number of rotatable bonds is 1. The third-order valence-electron chi connectivity index (χ3n) is 2.94. The van der Waals surface area contributed by atoms with Crippen molar-refractivity contribution in [3.63, 3.8) is 0 Å². The molecule has 80 valence electrons. The molecular weight excluding hydrogens is 190 g/mol. The van der Waals surface area contributed by atoms with Crippen LogP contribution in [0.1, 0.15) is 39.5 Å². The summed E-state index contributed by atoms with van der Waals surface area (Å²) in [6.07, 6.45) is 1.80. The van der Waals surface area contributed by atoms with E-state index in [4.69, 9.17) is 10.5 Å². The molecule has 0 saturated carbocycles. The third kappa shape index (κ3) is 1.63. The van der Waals surface area contributed by atoms with Crippen LogP contribution in [0.2, 0.25) is 0 Å². The summed E-state index contributed by atoms with van der Waals surface area (Å²) in [5.74, 6) is -0.260. The molecule has 0 saturated heterocycles. The van der Waals surface area contributed by atoms with Crippen LogP contribution in [0.25, 0.3) is 0 Å². The second-order valence-corrected chi connectivity index (χ2v) is 4.02. The average molecular weight is 205 g/mol. The van der Waals surface area contributed by atoms with Crippen LogP contribution in [0.5, 0.6) is 0 Å². The smallest absolute Gasteiger partial charge is 0.338 e. The Morgan fingerprint density at radius 1 is 1.53 bits per heavy atom. The zero-order valence-electron chi connectivity index (χ0n) is 9.04. The lowest BCUT2D eigenvalue weighted by atomic mass is 9.99. The van der Waals surface area contributed by atoms with Gasteiger partial charge in [0, 0.05) is 6.04 Å². The van der Waals surface area contributed by atoms with E-state index in [-0.39, 0.29) is 12.0 Å². The number of ether oxygens (including phenoxy) is 1. The molecule has 0 amide bonds. The number of aryl methyl sites for hydroxylation is 1. The highest BCUT2D eigenvalue weighted by atomic mass is 16.5. The van der Waals surface area contributed by atoms with Crippen LogP contribution >= 0.6 is 0 Å². The van der Waals surface area contributed by atoms with E-state index in [1.807, 2.05) is 13.0 Å². The molecule has 1 aromatic carbocycles. The lowest BCUT2D eigenvalue weighted by molar-refractivity contribution is 0.0599. The van der Waals surface area contributed by atoms with Crippen LogP contribution in [-0.2, 0) is 11.2 Å². The molecule has 3 nitrogen and oxygen atoms in total. The summed E-state index contributed by atoms with van der Waals surface area (Å²) < 4.78 is 4.77. The van der Waals surface area contributed by atoms with E-state index in [9.17, 15) is 4.79 Å². The summed E-state index contributed by atoms with van der Waals surface area (Å²) in [4.78, 5) is 11.6. The summed E-state index contributed by atoms with van der Waals surface area (Å²) in [5, 5.41) is 0. The maximum atomic E-state index is 11.6. The average Bonchev–Trinajstić information content (AvgIpc) is 2.58. The molecule has 1 aromatic rings. The number of fused-ring (bicyclic) bond motifs is 1. The van der Waals surface area contributed by atoms with Crippen LogP contribution in [0.3, 0.4) is 0 Å². The topological polar surface area (TPSA) is 52.3 Å². The zero-order chi connectivity index (χ0) is 11.0. The van der Waals surface area contributed by atoms with E-state index in [0.29, 0.717) is 5.56 Å². The first kappa shape index (κ1) is 10.2. The van der Waals surface area contributed by atoms with Gasteiger partial charge in [-0.3, -0.25) is 0 Å². The van der Waals surface area contributed by atoms with Crippen molar-refractivity contribution in [2.75, 3.05) is 7.11 Å². The van der Waals surface area contributed by atoms with Crippen molar-refractivity contribution in [1.82, 2.24) is 0 Å². The molecule has 3 heteroatoms. The predicted molar refractivity (Wildman–Crippen MR) is 57.8 cm³/mol. The van der Waals surface area contributed by atoms with Crippen LogP contribution in [0.15, 0.2) is 12.1 Å². The molecule has 1 unspecified atom stereocenters. The molecule has 0 heterocycles. The van der Waals surface area contributed by atoms with Gasteiger partial charge in [0.1, 0.15) is 0 Å². The van der Waals surface area contributed by atoms with Crippen molar-refractivity contribution in [2.45, 2.75) is 25.8 Å². The molecule has 2 N–H and O–H groups in total. The molecule has 0 spiro atoms. The Morgan fingerprint density at radius 2 is 2.27 bits per heavy atom. The van der Waals surface area contributed by atoms with Crippen LogP contribution < -0.4 is 5.73 Å². The first-order valence-electron chi connectivity index (χ1n) is 5.11. The van der Waals surface area contributed by atoms with Gasteiger partial charge in [0.05, 0.1) is 12.7 Å². The third-order valence-corrected chi connectivity index (χ3v) is 2.94. The van der Waals surface area contributed by atoms with Gasteiger partial charge in [0.15, 0.2) is 0 Å². The molecule has 0 aromatic heterocycles. The minimum Gasteiger partial charge on any atom is -0.465 e.